The maximum absolute atomic E-state index is 12.6. The van der Waals surface area contributed by atoms with Crippen LogP contribution in [0.2, 0.25) is 0 Å². The number of hydrogen-bond acceptors (Lipinski definition) is 3. The number of nitrogens with zero attached hydrogens (tertiary/aromatic N) is 2. The molecular formula is C16H25N3O. The van der Waals surface area contributed by atoms with Crippen molar-refractivity contribution >= 4 is 11.6 Å². The zero-order valence-corrected chi connectivity index (χ0v) is 12.9. The first kappa shape index (κ1) is 14.9. The van der Waals surface area contributed by atoms with Crippen molar-refractivity contribution in [1.29, 1.82) is 0 Å². The number of hydrogen-bond donors (Lipinski definition) is 1. The van der Waals surface area contributed by atoms with Crippen LogP contribution < -0.4 is 5.32 Å². The van der Waals surface area contributed by atoms with Crippen LogP contribution in [-0.4, -0.2) is 56.0 Å². The molecule has 0 radical (unpaired) electrons. The summed E-state index contributed by atoms with van der Waals surface area (Å²) in [6.45, 7) is 4.14. The Hall–Kier alpha value is -1.55. The summed E-state index contributed by atoms with van der Waals surface area (Å²) in [6, 6.07) is 6.27. The van der Waals surface area contributed by atoms with Gasteiger partial charge in [-0.3, -0.25) is 4.79 Å². The van der Waals surface area contributed by atoms with E-state index in [2.05, 4.69) is 17.3 Å². The van der Waals surface area contributed by atoms with Crippen molar-refractivity contribution in [3.63, 3.8) is 0 Å². The highest BCUT2D eigenvalue weighted by molar-refractivity contribution is 5.96. The number of amides is 1. The molecule has 1 heterocycles. The smallest absolute Gasteiger partial charge is 0.254 e. The van der Waals surface area contributed by atoms with Gasteiger partial charge in [0.05, 0.1) is 0 Å². The third-order valence-corrected chi connectivity index (χ3v) is 4.30. The number of benzene rings is 1. The van der Waals surface area contributed by atoms with Gasteiger partial charge in [0.1, 0.15) is 0 Å². The van der Waals surface area contributed by atoms with E-state index in [-0.39, 0.29) is 5.91 Å². The first-order valence-electron chi connectivity index (χ1n) is 7.27. The SMILES string of the molecule is CNc1ccc(C(=O)N(C)C2CCN(C)CC2)c(C)c1. The van der Waals surface area contributed by atoms with Gasteiger partial charge in [0, 0.05) is 31.4 Å². The number of rotatable bonds is 3. The third-order valence-electron chi connectivity index (χ3n) is 4.30. The minimum atomic E-state index is 0.139. The molecule has 4 heteroatoms. The molecular weight excluding hydrogens is 250 g/mol. The van der Waals surface area contributed by atoms with Crippen molar-refractivity contribution < 1.29 is 4.79 Å². The Bertz CT molecular complexity index is 479. The van der Waals surface area contributed by atoms with Gasteiger partial charge in [-0.2, -0.15) is 0 Å². The lowest BCUT2D eigenvalue weighted by atomic mass is 10.0. The molecule has 110 valence electrons. The summed E-state index contributed by atoms with van der Waals surface area (Å²) in [5, 5.41) is 3.10. The molecule has 0 spiro atoms. The van der Waals surface area contributed by atoms with Gasteiger partial charge < -0.3 is 15.1 Å². The molecule has 0 saturated carbocycles. The molecule has 1 amide bonds. The molecule has 0 aromatic heterocycles. The highest BCUT2D eigenvalue weighted by atomic mass is 16.2. The number of aryl methyl sites for hydroxylation is 1. The fourth-order valence-corrected chi connectivity index (χ4v) is 2.80. The molecule has 2 rings (SSSR count). The van der Waals surface area contributed by atoms with Gasteiger partial charge in [0.15, 0.2) is 0 Å². The Morgan fingerprint density at radius 3 is 2.55 bits per heavy atom. The number of likely N-dealkylation sites (tertiary alicyclic amines) is 1. The zero-order chi connectivity index (χ0) is 14.7. The van der Waals surface area contributed by atoms with E-state index in [1.807, 2.05) is 44.1 Å². The maximum atomic E-state index is 12.6. The van der Waals surface area contributed by atoms with Gasteiger partial charge in [0.2, 0.25) is 0 Å². The second-order valence-corrected chi connectivity index (χ2v) is 5.73. The predicted molar refractivity (Wildman–Crippen MR) is 83.3 cm³/mol. The monoisotopic (exact) mass is 275 g/mol. The van der Waals surface area contributed by atoms with Crippen molar-refractivity contribution in [2.45, 2.75) is 25.8 Å². The molecule has 4 nitrogen and oxygen atoms in total. The van der Waals surface area contributed by atoms with E-state index in [1.54, 1.807) is 0 Å². The van der Waals surface area contributed by atoms with Crippen LogP contribution in [0.25, 0.3) is 0 Å². The van der Waals surface area contributed by atoms with Crippen molar-refractivity contribution in [3.05, 3.63) is 29.3 Å². The fraction of sp³-hybridized carbons (Fsp3) is 0.562. The van der Waals surface area contributed by atoms with Crippen LogP contribution in [0.4, 0.5) is 5.69 Å². The molecule has 0 atom stereocenters. The van der Waals surface area contributed by atoms with E-state index in [1.165, 1.54) is 0 Å². The summed E-state index contributed by atoms with van der Waals surface area (Å²) >= 11 is 0. The number of carbonyl (C=O) groups excluding carboxylic acids is 1. The Labute approximate surface area is 121 Å². The molecule has 20 heavy (non-hydrogen) atoms. The van der Waals surface area contributed by atoms with Gasteiger partial charge >= 0.3 is 0 Å². The van der Waals surface area contributed by atoms with E-state index >= 15 is 0 Å². The molecule has 1 aromatic carbocycles. The summed E-state index contributed by atoms with van der Waals surface area (Å²) < 4.78 is 0. The van der Waals surface area contributed by atoms with Crippen LogP contribution in [0.3, 0.4) is 0 Å². The second-order valence-electron chi connectivity index (χ2n) is 5.73. The van der Waals surface area contributed by atoms with Crippen molar-refractivity contribution in [1.82, 2.24) is 9.80 Å². The number of piperidine rings is 1. The molecule has 1 aliphatic rings. The molecule has 1 aliphatic heterocycles. The van der Waals surface area contributed by atoms with E-state index in [9.17, 15) is 4.79 Å². The Morgan fingerprint density at radius 2 is 2.00 bits per heavy atom. The van der Waals surface area contributed by atoms with E-state index in [4.69, 9.17) is 0 Å². The van der Waals surface area contributed by atoms with Crippen LogP contribution in [0.15, 0.2) is 18.2 Å². The summed E-state index contributed by atoms with van der Waals surface area (Å²) in [7, 11) is 5.96. The minimum Gasteiger partial charge on any atom is -0.388 e. The van der Waals surface area contributed by atoms with Crippen LogP contribution in [0, 0.1) is 6.92 Å². The van der Waals surface area contributed by atoms with E-state index < -0.39 is 0 Å². The summed E-state index contributed by atoms with van der Waals surface area (Å²) in [5.41, 5.74) is 2.88. The van der Waals surface area contributed by atoms with Crippen molar-refractivity contribution in [2.24, 2.45) is 0 Å². The van der Waals surface area contributed by atoms with Crippen LogP contribution in [0.1, 0.15) is 28.8 Å². The molecule has 1 fully saturated rings. The summed E-state index contributed by atoms with van der Waals surface area (Å²) in [5.74, 6) is 0.139. The molecule has 0 unspecified atom stereocenters. The van der Waals surface area contributed by atoms with Crippen LogP contribution in [0.5, 0.6) is 0 Å². The van der Waals surface area contributed by atoms with E-state index in [0.29, 0.717) is 6.04 Å². The van der Waals surface area contributed by atoms with Crippen molar-refractivity contribution in [2.75, 3.05) is 39.5 Å². The van der Waals surface area contributed by atoms with Gasteiger partial charge in [-0.05, 0) is 63.7 Å². The first-order chi connectivity index (χ1) is 9.52. The zero-order valence-electron chi connectivity index (χ0n) is 12.9. The standard InChI is InChI=1S/C16H25N3O/c1-12-11-13(17-2)5-6-15(12)16(20)19(4)14-7-9-18(3)10-8-14/h5-6,11,14,17H,7-10H2,1-4H3. The van der Waals surface area contributed by atoms with Gasteiger partial charge in [-0.15, -0.1) is 0 Å². The highest BCUT2D eigenvalue weighted by Gasteiger charge is 2.25. The normalized spacial score (nSPS) is 17.0. The lowest BCUT2D eigenvalue weighted by Crippen LogP contribution is -2.44. The highest BCUT2D eigenvalue weighted by Crippen LogP contribution is 2.20. The van der Waals surface area contributed by atoms with Crippen LogP contribution in [-0.2, 0) is 0 Å². The average Bonchev–Trinajstić information content (AvgIpc) is 2.46. The lowest BCUT2D eigenvalue weighted by Gasteiger charge is -2.35. The Morgan fingerprint density at radius 1 is 1.35 bits per heavy atom. The Balaban J connectivity index is 2.10. The number of carbonyl (C=O) groups is 1. The average molecular weight is 275 g/mol. The van der Waals surface area contributed by atoms with Crippen molar-refractivity contribution in [3.8, 4) is 0 Å². The minimum absolute atomic E-state index is 0.139. The van der Waals surface area contributed by atoms with Gasteiger partial charge in [0.25, 0.3) is 5.91 Å². The van der Waals surface area contributed by atoms with Crippen LogP contribution >= 0.6 is 0 Å². The quantitative estimate of drug-likeness (QED) is 0.918. The third kappa shape index (κ3) is 3.12. The summed E-state index contributed by atoms with van der Waals surface area (Å²) in [4.78, 5) is 16.9. The Kier molecular flexibility index (Phi) is 4.65. The predicted octanol–water partition coefficient (Wildman–Crippen LogP) is 2.20. The molecule has 1 N–H and O–H groups in total. The second kappa shape index (κ2) is 6.27. The number of nitrogens with one attached hydrogen (secondary N) is 1. The van der Waals surface area contributed by atoms with E-state index in [0.717, 1.165) is 42.7 Å². The maximum Gasteiger partial charge on any atom is 0.254 e. The van der Waals surface area contributed by atoms with Gasteiger partial charge in [-0.1, -0.05) is 0 Å². The first-order valence-corrected chi connectivity index (χ1v) is 7.27. The molecule has 0 bridgehead atoms. The fourth-order valence-electron chi connectivity index (χ4n) is 2.80. The molecule has 0 aliphatic carbocycles. The topological polar surface area (TPSA) is 35.6 Å². The lowest BCUT2D eigenvalue weighted by molar-refractivity contribution is 0.0659. The molecule has 1 aromatic rings. The number of anilines is 1. The molecule has 1 saturated heterocycles. The summed E-state index contributed by atoms with van der Waals surface area (Å²) in [6.07, 6.45) is 2.12. The van der Waals surface area contributed by atoms with Gasteiger partial charge in [-0.25, -0.2) is 0 Å². The largest absolute Gasteiger partial charge is 0.388 e.